The number of alkyl halides is 6. The zero-order valence-electron chi connectivity index (χ0n) is 13.7. The van der Waals surface area contributed by atoms with Gasteiger partial charge in [-0.2, -0.15) is 26.3 Å². The minimum atomic E-state index is -4.97. The van der Waals surface area contributed by atoms with E-state index in [0.717, 1.165) is 0 Å². The largest absolute Gasteiger partial charge is 0.385 e. The summed E-state index contributed by atoms with van der Waals surface area (Å²) in [4.78, 5) is 0. The number of allylic oxidation sites excluding steroid dienone is 3. The van der Waals surface area contributed by atoms with Crippen LogP contribution in [0.1, 0.15) is 52.4 Å². The average molecular weight is 356 g/mol. The number of hydrogen-bond donors (Lipinski definition) is 0. The van der Waals surface area contributed by atoms with Gasteiger partial charge in [-0.15, -0.1) is 0 Å². The summed E-state index contributed by atoms with van der Waals surface area (Å²) in [5.74, 6) is -9.25. The van der Waals surface area contributed by atoms with Crippen LogP contribution in [0.5, 0.6) is 0 Å². The van der Waals surface area contributed by atoms with E-state index in [9.17, 15) is 26.3 Å². The quantitative estimate of drug-likeness (QED) is 0.540. The Morgan fingerprint density at radius 2 is 1.62 bits per heavy atom. The Kier molecular flexibility index (Phi) is 5.43. The molecule has 2 rings (SSSR count). The van der Waals surface area contributed by atoms with E-state index >= 15 is 0 Å². The normalized spacial score (nSPS) is 29.8. The second-order valence-corrected chi connectivity index (χ2v) is 6.69. The third-order valence-electron chi connectivity index (χ3n) is 4.70. The SMILES string of the molecule is CCCC1=CC=C(C(F)(F)OC2CCC(C)CC2)C(F)(F)C1(F)F. The summed E-state index contributed by atoms with van der Waals surface area (Å²) in [5, 5.41) is 0. The third-order valence-corrected chi connectivity index (χ3v) is 4.70. The Bertz CT molecular complexity index is 515. The number of rotatable bonds is 5. The maximum atomic E-state index is 14.2. The molecule has 2 aliphatic rings. The Balaban J connectivity index is 2.24. The molecule has 0 radical (unpaired) electrons. The van der Waals surface area contributed by atoms with Gasteiger partial charge in [0.1, 0.15) is 5.57 Å². The fourth-order valence-corrected chi connectivity index (χ4v) is 3.17. The van der Waals surface area contributed by atoms with Crippen LogP contribution in [0, 0.1) is 5.92 Å². The van der Waals surface area contributed by atoms with E-state index < -0.39 is 35.2 Å². The van der Waals surface area contributed by atoms with Crippen LogP contribution in [0.25, 0.3) is 0 Å². The van der Waals surface area contributed by atoms with Gasteiger partial charge in [-0.25, -0.2) is 0 Å². The molecule has 0 unspecified atom stereocenters. The summed E-state index contributed by atoms with van der Waals surface area (Å²) in [6.45, 7) is 3.52. The lowest BCUT2D eigenvalue weighted by Crippen LogP contribution is -2.51. The van der Waals surface area contributed by atoms with Crippen molar-refractivity contribution in [2.75, 3.05) is 0 Å². The van der Waals surface area contributed by atoms with Crippen LogP contribution in [-0.4, -0.2) is 24.1 Å². The summed E-state index contributed by atoms with van der Waals surface area (Å²) in [5.41, 5.74) is -2.79. The molecule has 138 valence electrons. The Morgan fingerprint density at radius 1 is 1.04 bits per heavy atom. The summed E-state index contributed by atoms with van der Waals surface area (Å²) in [6, 6.07) is 0. The van der Waals surface area contributed by atoms with Crippen molar-refractivity contribution in [1.82, 2.24) is 0 Å². The van der Waals surface area contributed by atoms with Crippen molar-refractivity contribution < 1.29 is 31.1 Å². The lowest BCUT2D eigenvalue weighted by Gasteiger charge is -2.37. The molecule has 0 bridgehead atoms. The summed E-state index contributed by atoms with van der Waals surface area (Å²) in [6.07, 6.45) is -2.40. The first-order chi connectivity index (χ1) is 11.0. The molecule has 0 saturated heterocycles. The average Bonchev–Trinajstić information content (AvgIpc) is 2.46. The van der Waals surface area contributed by atoms with E-state index in [4.69, 9.17) is 0 Å². The van der Waals surface area contributed by atoms with Gasteiger partial charge >= 0.3 is 18.0 Å². The van der Waals surface area contributed by atoms with Crippen LogP contribution in [0.2, 0.25) is 0 Å². The topological polar surface area (TPSA) is 9.23 Å². The van der Waals surface area contributed by atoms with Gasteiger partial charge in [0.15, 0.2) is 0 Å². The fourth-order valence-electron chi connectivity index (χ4n) is 3.17. The van der Waals surface area contributed by atoms with Gasteiger partial charge in [-0.3, -0.25) is 0 Å². The molecule has 2 aliphatic carbocycles. The van der Waals surface area contributed by atoms with Gasteiger partial charge in [-0.1, -0.05) is 26.3 Å². The Hall–Kier alpha value is -0.980. The first-order valence-electron chi connectivity index (χ1n) is 8.26. The van der Waals surface area contributed by atoms with Crippen molar-refractivity contribution in [2.45, 2.75) is 76.4 Å². The van der Waals surface area contributed by atoms with Crippen LogP contribution in [0.15, 0.2) is 23.3 Å². The molecule has 1 saturated carbocycles. The maximum absolute atomic E-state index is 14.2. The fraction of sp³-hybridized carbons (Fsp3) is 0.765. The lowest BCUT2D eigenvalue weighted by atomic mass is 9.87. The molecular formula is C17H22F6O. The maximum Gasteiger partial charge on any atom is 0.385 e. The van der Waals surface area contributed by atoms with Gasteiger partial charge in [0.05, 0.1) is 6.10 Å². The minimum Gasteiger partial charge on any atom is -0.313 e. The van der Waals surface area contributed by atoms with Crippen LogP contribution in [0.3, 0.4) is 0 Å². The highest BCUT2D eigenvalue weighted by atomic mass is 19.3. The second-order valence-electron chi connectivity index (χ2n) is 6.69. The molecular weight excluding hydrogens is 334 g/mol. The van der Waals surface area contributed by atoms with Crippen molar-refractivity contribution in [3.63, 3.8) is 0 Å². The zero-order valence-corrected chi connectivity index (χ0v) is 13.7. The molecule has 1 fully saturated rings. The smallest absolute Gasteiger partial charge is 0.313 e. The van der Waals surface area contributed by atoms with E-state index in [-0.39, 0.29) is 12.8 Å². The molecule has 24 heavy (non-hydrogen) atoms. The zero-order chi connectivity index (χ0) is 18.2. The van der Waals surface area contributed by atoms with Crippen LogP contribution in [0.4, 0.5) is 26.3 Å². The standard InChI is InChI=1S/C17H22F6O/c1-3-4-12-7-10-14(16(20,21)15(12,18)19)17(22,23)24-13-8-5-11(2)6-9-13/h7,10-11,13H,3-6,8-9H2,1-2H3. The minimum absolute atomic E-state index is 0.216. The van der Waals surface area contributed by atoms with Crippen LogP contribution >= 0.6 is 0 Å². The van der Waals surface area contributed by atoms with E-state index in [0.29, 0.717) is 43.8 Å². The molecule has 0 aromatic rings. The molecule has 0 atom stereocenters. The predicted molar refractivity (Wildman–Crippen MR) is 78.4 cm³/mol. The summed E-state index contributed by atoms with van der Waals surface area (Å²) < 4.78 is 89.2. The number of hydrogen-bond acceptors (Lipinski definition) is 1. The van der Waals surface area contributed by atoms with Gasteiger partial charge in [0.25, 0.3) is 0 Å². The molecule has 7 heteroatoms. The van der Waals surface area contributed by atoms with Crippen LogP contribution in [-0.2, 0) is 4.74 Å². The first kappa shape index (κ1) is 19.3. The van der Waals surface area contributed by atoms with E-state index in [1.165, 1.54) is 0 Å². The lowest BCUT2D eigenvalue weighted by molar-refractivity contribution is -0.273. The molecule has 0 aromatic carbocycles. The van der Waals surface area contributed by atoms with Crippen molar-refractivity contribution in [2.24, 2.45) is 5.92 Å². The molecule has 1 nitrogen and oxygen atoms in total. The Morgan fingerprint density at radius 3 is 2.17 bits per heavy atom. The highest BCUT2D eigenvalue weighted by Gasteiger charge is 2.67. The van der Waals surface area contributed by atoms with E-state index in [1.54, 1.807) is 6.92 Å². The van der Waals surface area contributed by atoms with Crippen LogP contribution < -0.4 is 0 Å². The number of ether oxygens (including phenoxy) is 1. The molecule has 0 N–H and O–H groups in total. The van der Waals surface area contributed by atoms with E-state index in [1.807, 2.05) is 6.92 Å². The molecule has 0 spiro atoms. The molecule has 0 heterocycles. The van der Waals surface area contributed by atoms with Crippen molar-refractivity contribution in [3.8, 4) is 0 Å². The van der Waals surface area contributed by atoms with Gasteiger partial charge in [-0.05, 0) is 44.1 Å². The summed E-state index contributed by atoms with van der Waals surface area (Å²) >= 11 is 0. The van der Waals surface area contributed by atoms with Crippen molar-refractivity contribution in [1.29, 1.82) is 0 Å². The molecule has 0 aliphatic heterocycles. The summed E-state index contributed by atoms with van der Waals surface area (Å²) in [7, 11) is 0. The van der Waals surface area contributed by atoms with E-state index in [2.05, 4.69) is 4.74 Å². The van der Waals surface area contributed by atoms with Crippen molar-refractivity contribution in [3.05, 3.63) is 23.3 Å². The third kappa shape index (κ3) is 3.51. The predicted octanol–water partition coefficient (Wildman–Crippen LogP) is 6.11. The van der Waals surface area contributed by atoms with Crippen molar-refractivity contribution >= 4 is 0 Å². The Labute approximate surface area is 137 Å². The molecule has 0 aromatic heterocycles. The van der Waals surface area contributed by atoms with Gasteiger partial charge < -0.3 is 4.74 Å². The number of halogens is 6. The first-order valence-corrected chi connectivity index (χ1v) is 8.26. The monoisotopic (exact) mass is 356 g/mol. The molecule has 0 amide bonds. The highest BCUT2D eigenvalue weighted by molar-refractivity contribution is 5.40. The van der Waals surface area contributed by atoms with Gasteiger partial charge in [0, 0.05) is 5.57 Å². The van der Waals surface area contributed by atoms with Gasteiger partial charge in [0.2, 0.25) is 0 Å². The second kappa shape index (κ2) is 6.73. The highest BCUT2D eigenvalue weighted by Crippen LogP contribution is 2.53.